The van der Waals surface area contributed by atoms with E-state index in [4.69, 9.17) is 0 Å². The fourth-order valence-corrected chi connectivity index (χ4v) is 11.9. The Balaban J connectivity index is 0.000000121. The first-order chi connectivity index (χ1) is 21.9. The van der Waals surface area contributed by atoms with Crippen molar-refractivity contribution in [1.82, 2.24) is 26.2 Å². The van der Waals surface area contributed by atoms with Crippen LogP contribution in [0.3, 0.4) is 0 Å². The Morgan fingerprint density at radius 2 is 0.783 bits per heavy atom. The monoisotopic (exact) mass is 1230 g/mol. The number of hydrogen-bond acceptors (Lipinski definition) is 11. The molecule has 0 saturated carbocycles. The number of thiophene rings is 2. The van der Waals surface area contributed by atoms with E-state index in [9.17, 15) is 13.2 Å². The lowest BCUT2D eigenvalue weighted by Crippen LogP contribution is -1.89. The van der Waals surface area contributed by atoms with E-state index in [0.29, 0.717) is 31.0 Å². The summed E-state index contributed by atoms with van der Waals surface area (Å²) in [6.07, 6.45) is 0. The molecule has 0 amide bonds. The molecule has 0 aliphatic rings. The van der Waals surface area contributed by atoms with E-state index in [1.165, 1.54) is 34.8 Å². The number of benzene rings is 3. The second kappa shape index (κ2) is 16.6. The van der Waals surface area contributed by atoms with Crippen LogP contribution in [0.1, 0.15) is 0 Å². The molecule has 0 aliphatic carbocycles. The lowest BCUT2D eigenvalue weighted by Gasteiger charge is -1.99. The van der Waals surface area contributed by atoms with Gasteiger partial charge < -0.3 is 0 Å². The fraction of sp³-hybridized carbons (Fsp3) is 0. The van der Waals surface area contributed by atoms with E-state index in [2.05, 4.69) is 166 Å². The van der Waals surface area contributed by atoms with E-state index >= 15 is 0 Å². The van der Waals surface area contributed by atoms with Gasteiger partial charge in [-0.1, -0.05) is 0 Å². The van der Waals surface area contributed by atoms with Gasteiger partial charge in [-0.2, -0.15) is 26.2 Å². The van der Waals surface area contributed by atoms with Crippen molar-refractivity contribution in [3.05, 3.63) is 82.2 Å². The van der Waals surface area contributed by atoms with E-state index in [-0.39, 0.29) is 14.8 Å². The van der Waals surface area contributed by atoms with Gasteiger partial charge in [0.25, 0.3) is 0 Å². The number of halogens is 11. The van der Waals surface area contributed by atoms with Crippen LogP contribution in [0.2, 0.25) is 0 Å². The van der Waals surface area contributed by atoms with Crippen LogP contribution in [0.4, 0.5) is 13.2 Å². The Bertz CT molecular complexity index is 2200. The molecule has 0 atom stereocenters. The van der Waals surface area contributed by atoms with Crippen molar-refractivity contribution >= 4 is 228 Å². The second-order valence-electron chi connectivity index (χ2n) is 8.15. The highest BCUT2D eigenvalue weighted by molar-refractivity contribution is 9.12. The van der Waals surface area contributed by atoms with Crippen molar-refractivity contribution in [2.45, 2.75) is 0 Å². The van der Waals surface area contributed by atoms with E-state index in [1.54, 1.807) is 22.7 Å². The average Bonchev–Trinajstić information content (AvgIpc) is 3.85. The SMILES string of the molecule is Brc1cc2sc(Br)cc2s1.Brc1ccc(Br)c2nsnc12.Fc1c(F)c(Br)c2nsnc2c1Br.Fc1cc(Br)c2nsnc2c1Br. The summed E-state index contributed by atoms with van der Waals surface area (Å²) in [6, 6.07) is 9.57. The molecule has 46 heavy (non-hydrogen) atoms. The van der Waals surface area contributed by atoms with Crippen LogP contribution in [-0.2, 0) is 0 Å². The third-order valence-electron chi connectivity index (χ3n) is 5.33. The molecule has 8 aromatic rings. The molecule has 6 nitrogen and oxygen atoms in total. The summed E-state index contributed by atoms with van der Waals surface area (Å²) in [5.74, 6) is -2.23. The predicted octanol–water partition coefficient (Wildman–Crippen LogP) is 14.6. The van der Waals surface area contributed by atoms with Gasteiger partial charge in [0.05, 0.1) is 56.2 Å². The third-order valence-corrected chi connectivity index (χ3v) is 14.3. The predicted molar refractivity (Wildman–Crippen MR) is 213 cm³/mol. The molecule has 3 aromatic carbocycles. The van der Waals surface area contributed by atoms with Gasteiger partial charge in [0, 0.05) is 22.8 Å². The standard InChI is InChI=1S/C6Br2F2N2S.C6HBr2FN2S.C6H2Br2N2S.C6H2Br2S2/c7-1-3(9)4(10)2(8)6-5(1)11-13-12-6;7-2-1-3(9)4(8)6-5(2)10-12-11-6;7-3-1-2-4(8)6-5(3)9-11-10-6;7-5-1-3-4(10-5)2-6(8)9-3/h;1H;1-2H;1-2H. The molecule has 0 aliphatic heterocycles. The molecule has 8 rings (SSSR count). The van der Waals surface area contributed by atoms with Gasteiger partial charge in [0.1, 0.15) is 38.9 Å². The number of nitrogens with zero attached hydrogens (tertiary/aromatic N) is 6. The highest BCUT2D eigenvalue weighted by atomic mass is 79.9. The van der Waals surface area contributed by atoms with Crippen molar-refractivity contribution < 1.29 is 13.2 Å². The van der Waals surface area contributed by atoms with Crippen LogP contribution in [0.15, 0.2) is 64.7 Å². The summed E-state index contributed by atoms with van der Waals surface area (Å²) < 4.78 is 71.2. The highest BCUT2D eigenvalue weighted by Crippen LogP contribution is 2.38. The normalized spacial score (nSPS) is 10.9. The maximum Gasteiger partial charge on any atom is 0.176 e. The summed E-state index contributed by atoms with van der Waals surface area (Å²) >= 11 is 32.5. The smallest absolute Gasteiger partial charge is 0.176 e. The molecule has 0 bridgehead atoms. The lowest BCUT2D eigenvalue weighted by molar-refractivity contribution is 0.502. The molecular weight excluding hydrogens is 1230 g/mol. The van der Waals surface area contributed by atoms with Crippen LogP contribution in [0, 0.1) is 17.5 Å². The maximum absolute atomic E-state index is 13.1. The van der Waals surface area contributed by atoms with Crippen LogP contribution in [0.5, 0.6) is 0 Å². The van der Waals surface area contributed by atoms with Crippen molar-refractivity contribution in [2.24, 2.45) is 0 Å². The first-order valence-corrected chi connectivity index (χ1v) is 21.6. The minimum absolute atomic E-state index is 0.0111. The van der Waals surface area contributed by atoms with Gasteiger partial charge in [-0.15, -0.1) is 22.7 Å². The number of aromatic nitrogens is 6. The van der Waals surface area contributed by atoms with Gasteiger partial charge in [0.15, 0.2) is 11.6 Å². The van der Waals surface area contributed by atoms with Crippen LogP contribution in [-0.4, -0.2) is 26.2 Å². The largest absolute Gasteiger partial charge is 0.206 e. The van der Waals surface area contributed by atoms with Crippen molar-refractivity contribution in [1.29, 1.82) is 0 Å². The van der Waals surface area contributed by atoms with E-state index in [0.717, 1.165) is 43.4 Å². The number of hydrogen-bond donors (Lipinski definition) is 0. The summed E-state index contributed by atoms with van der Waals surface area (Å²) in [5, 5.41) is 0. The van der Waals surface area contributed by atoms with Crippen molar-refractivity contribution in [2.75, 3.05) is 0 Å². The van der Waals surface area contributed by atoms with Crippen LogP contribution >= 0.6 is 185 Å². The van der Waals surface area contributed by atoms with Gasteiger partial charge in [-0.3, -0.25) is 0 Å². The molecule has 22 heteroatoms. The lowest BCUT2D eigenvalue weighted by atomic mass is 10.3. The molecule has 0 unspecified atom stereocenters. The minimum Gasteiger partial charge on any atom is -0.206 e. The quantitative estimate of drug-likeness (QED) is 0.111. The number of fused-ring (bicyclic) bond motifs is 4. The Hall–Kier alpha value is 0.410. The summed E-state index contributed by atoms with van der Waals surface area (Å²) in [4.78, 5) is 0. The van der Waals surface area contributed by atoms with Crippen LogP contribution < -0.4 is 0 Å². The van der Waals surface area contributed by atoms with Crippen LogP contribution in [0.25, 0.3) is 42.5 Å². The van der Waals surface area contributed by atoms with Crippen molar-refractivity contribution in [3.8, 4) is 0 Å². The average molecular weight is 1230 g/mol. The molecule has 0 saturated heterocycles. The van der Waals surface area contributed by atoms with Gasteiger partial charge in [-0.25, -0.2) is 13.2 Å². The summed E-state index contributed by atoms with van der Waals surface area (Å²) in [7, 11) is 0. The highest BCUT2D eigenvalue weighted by Gasteiger charge is 2.19. The fourth-order valence-electron chi connectivity index (χ4n) is 3.31. The molecule has 5 heterocycles. The Labute approximate surface area is 344 Å². The first kappa shape index (κ1) is 37.7. The van der Waals surface area contributed by atoms with Gasteiger partial charge >= 0.3 is 0 Å². The van der Waals surface area contributed by atoms with Crippen molar-refractivity contribution in [3.63, 3.8) is 0 Å². The third kappa shape index (κ3) is 8.47. The topological polar surface area (TPSA) is 77.3 Å². The molecule has 0 spiro atoms. The molecule has 0 radical (unpaired) electrons. The van der Waals surface area contributed by atoms with E-state index in [1.807, 2.05) is 12.1 Å². The minimum atomic E-state index is -0.952. The molecule has 0 fully saturated rings. The maximum atomic E-state index is 13.1. The zero-order valence-corrected chi connectivity index (χ0v) is 38.0. The molecular formula is C24H5Br8F3N6S5. The van der Waals surface area contributed by atoms with Gasteiger partial charge in [0.2, 0.25) is 0 Å². The molecule has 238 valence electrons. The van der Waals surface area contributed by atoms with Gasteiger partial charge in [-0.05, 0) is 158 Å². The summed E-state index contributed by atoms with van der Waals surface area (Å²) in [5.41, 5.74) is 3.75. The molecule has 0 N–H and O–H groups in total. The molecule has 5 aromatic heterocycles. The summed E-state index contributed by atoms with van der Waals surface area (Å²) in [6.45, 7) is 0. The number of rotatable bonds is 0. The zero-order chi connectivity index (χ0) is 33.3. The Morgan fingerprint density at radius 1 is 0.435 bits per heavy atom. The Morgan fingerprint density at radius 3 is 1.20 bits per heavy atom. The second-order valence-corrected chi connectivity index (χ2v) is 19.6. The first-order valence-electron chi connectivity index (χ1n) is 11.5. The Kier molecular flexibility index (Phi) is 13.6. The van der Waals surface area contributed by atoms with E-state index < -0.39 is 11.6 Å². The zero-order valence-electron chi connectivity index (χ0n) is 21.3.